The standard InChI is InChI=1S/C21H19N5O/c27-21(18-10-9-17-8-4-5-12-25(17)18)24-13-11-19-22-20(23-26(19)15-14-24)16-6-2-1-3-7-16/h1-10,12H,11,13-15H2. The Kier molecular flexibility index (Phi) is 3.74. The van der Waals surface area contributed by atoms with Gasteiger partial charge in [0.1, 0.15) is 11.5 Å². The monoisotopic (exact) mass is 357 g/mol. The third-order valence-electron chi connectivity index (χ3n) is 5.04. The molecule has 0 aliphatic carbocycles. The summed E-state index contributed by atoms with van der Waals surface area (Å²) in [6, 6.07) is 19.8. The number of carbonyl (C=O) groups is 1. The van der Waals surface area contributed by atoms with E-state index in [2.05, 4.69) is 5.10 Å². The summed E-state index contributed by atoms with van der Waals surface area (Å²) in [5.74, 6) is 1.74. The van der Waals surface area contributed by atoms with Gasteiger partial charge in [0, 0.05) is 36.8 Å². The number of carbonyl (C=O) groups excluding carboxylic acids is 1. The Morgan fingerprint density at radius 1 is 0.889 bits per heavy atom. The minimum absolute atomic E-state index is 0.0511. The summed E-state index contributed by atoms with van der Waals surface area (Å²) >= 11 is 0. The van der Waals surface area contributed by atoms with Crippen LogP contribution in [0.25, 0.3) is 16.9 Å². The fourth-order valence-electron chi connectivity index (χ4n) is 3.61. The van der Waals surface area contributed by atoms with Gasteiger partial charge in [0.15, 0.2) is 5.82 Å². The number of pyridine rings is 1. The van der Waals surface area contributed by atoms with Gasteiger partial charge in [-0.3, -0.25) is 4.79 Å². The minimum atomic E-state index is 0.0511. The van der Waals surface area contributed by atoms with Crippen molar-refractivity contribution in [3.05, 3.63) is 78.4 Å². The molecule has 0 bridgehead atoms. The Bertz CT molecular complexity index is 1090. The van der Waals surface area contributed by atoms with Gasteiger partial charge in [-0.05, 0) is 24.3 Å². The van der Waals surface area contributed by atoms with E-state index >= 15 is 0 Å². The van der Waals surface area contributed by atoms with E-state index in [0.717, 1.165) is 22.7 Å². The Hall–Kier alpha value is -3.41. The second-order valence-electron chi connectivity index (χ2n) is 6.70. The largest absolute Gasteiger partial charge is 0.335 e. The zero-order chi connectivity index (χ0) is 18.2. The summed E-state index contributed by atoms with van der Waals surface area (Å²) in [6.07, 6.45) is 2.63. The average Bonchev–Trinajstić information content (AvgIpc) is 3.28. The first kappa shape index (κ1) is 15.8. The number of amides is 1. The van der Waals surface area contributed by atoms with Gasteiger partial charge in [0.05, 0.1) is 6.54 Å². The van der Waals surface area contributed by atoms with E-state index in [9.17, 15) is 4.79 Å². The lowest BCUT2D eigenvalue weighted by Crippen LogP contribution is -2.34. The number of hydrogen-bond donors (Lipinski definition) is 0. The van der Waals surface area contributed by atoms with Gasteiger partial charge in [0.2, 0.25) is 0 Å². The van der Waals surface area contributed by atoms with Crippen molar-refractivity contribution in [1.82, 2.24) is 24.1 Å². The summed E-state index contributed by atoms with van der Waals surface area (Å²) in [6.45, 7) is 1.93. The zero-order valence-corrected chi connectivity index (χ0v) is 14.8. The molecule has 134 valence electrons. The zero-order valence-electron chi connectivity index (χ0n) is 14.8. The van der Waals surface area contributed by atoms with Crippen LogP contribution in [0.5, 0.6) is 0 Å². The average molecular weight is 357 g/mol. The van der Waals surface area contributed by atoms with Gasteiger partial charge >= 0.3 is 0 Å². The van der Waals surface area contributed by atoms with Crippen molar-refractivity contribution in [3.8, 4) is 11.4 Å². The molecule has 0 saturated heterocycles. The van der Waals surface area contributed by atoms with Crippen LogP contribution in [-0.4, -0.2) is 43.1 Å². The van der Waals surface area contributed by atoms with Crippen LogP contribution in [0.3, 0.4) is 0 Å². The molecular formula is C21H19N5O. The highest BCUT2D eigenvalue weighted by molar-refractivity contribution is 5.94. The van der Waals surface area contributed by atoms with E-state index < -0.39 is 0 Å². The normalized spacial score (nSPS) is 14.1. The van der Waals surface area contributed by atoms with Crippen molar-refractivity contribution in [1.29, 1.82) is 0 Å². The second-order valence-corrected chi connectivity index (χ2v) is 6.70. The molecule has 0 unspecified atom stereocenters. The maximum absolute atomic E-state index is 13.0. The van der Waals surface area contributed by atoms with Crippen LogP contribution >= 0.6 is 0 Å². The predicted molar refractivity (Wildman–Crippen MR) is 102 cm³/mol. The number of rotatable bonds is 2. The highest BCUT2D eigenvalue weighted by Crippen LogP contribution is 2.18. The maximum Gasteiger partial charge on any atom is 0.270 e. The van der Waals surface area contributed by atoms with Crippen molar-refractivity contribution in [2.45, 2.75) is 13.0 Å². The smallest absolute Gasteiger partial charge is 0.270 e. The molecule has 0 fully saturated rings. The van der Waals surface area contributed by atoms with Crippen molar-refractivity contribution in [3.63, 3.8) is 0 Å². The quantitative estimate of drug-likeness (QED) is 0.554. The number of nitrogens with zero attached hydrogens (tertiary/aromatic N) is 5. The molecule has 1 aliphatic heterocycles. The Morgan fingerprint density at radius 3 is 2.63 bits per heavy atom. The van der Waals surface area contributed by atoms with Gasteiger partial charge in [-0.1, -0.05) is 36.4 Å². The molecule has 3 aromatic heterocycles. The molecule has 0 N–H and O–H groups in total. The van der Waals surface area contributed by atoms with Crippen LogP contribution in [-0.2, 0) is 13.0 Å². The van der Waals surface area contributed by atoms with E-state index in [-0.39, 0.29) is 5.91 Å². The van der Waals surface area contributed by atoms with Crippen molar-refractivity contribution in [2.75, 3.05) is 13.1 Å². The number of benzene rings is 1. The third-order valence-corrected chi connectivity index (χ3v) is 5.04. The molecule has 0 atom stereocenters. The molecule has 1 aromatic carbocycles. The molecule has 27 heavy (non-hydrogen) atoms. The number of aromatic nitrogens is 4. The molecule has 1 amide bonds. The summed E-state index contributed by atoms with van der Waals surface area (Å²) < 4.78 is 3.88. The van der Waals surface area contributed by atoms with Gasteiger partial charge in [0.25, 0.3) is 5.91 Å². The van der Waals surface area contributed by atoms with Crippen molar-refractivity contribution >= 4 is 11.4 Å². The van der Waals surface area contributed by atoms with Crippen LogP contribution in [0.15, 0.2) is 66.9 Å². The topological polar surface area (TPSA) is 55.4 Å². The van der Waals surface area contributed by atoms with Crippen molar-refractivity contribution < 1.29 is 4.79 Å². The minimum Gasteiger partial charge on any atom is -0.335 e. The van der Waals surface area contributed by atoms with Crippen LogP contribution in [0.1, 0.15) is 16.3 Å². The van der Waals surface area contributed by atoms with Crippen LogP contribution < -0.4 is 0 Å². The first-order chi connectivity index (χ1) is 13.3. The van der Waals surface area contributed by atoms with Crippen molar-refractivity contribution in [2.24, 2.45) is 0 Å². The van der Waals surface area contributed by atoms with E-state index in [1.807, 2.05) is 80.8 Å². The highest BCUT2D eigenvalue weighted by Gasteiger charge is 2.23. The Balaban J connectivity index is 1.37. The molecule has 4 aromatic rings. The SMILES string of the molecule is O=C(c1ccc2ccccn12)N1CCc2nc(-c3ccccc3)nn2CC1. The van der Waals surface area contributed by atoms with Crippen LogP contribution in [0.2, 0.25) is 0 Å². The first-order valence-corrected chi connectivity index (χ1v) is 9.14. The molecule has 6 heteroatoms. The molecule has 0 radical (unpaired) electrons. The second kappa shape index (κ2) is 6.39. The summed E-state index contributed by atoms with van der Waals surface area (Å²) in [7, 11) is 0. The van der Waals surface area contributed by atoms with Gasteiger partial charge in [-0.2, -0.15) is 5.10 Å². The lowest BCUT2D eigenvalue weighted by atomic mass is 10.2. The predicted octanol–water partition coefficient (Wildman–Crippen LogP) is 2.90. The molecule has 0 saturated carbocycles. The molecule has 5 rings (SSSR count). The maximum atomic E-state index is 13.0. The lowest BCUT2D eigenvalue weighted by Gasteiger charge is -2.19. The van der Waals surface area contributed by atoms with Gasteiger partial charge < -0.3 is 9.30 Å². The fraction of sp³-hybridized carbons (Fsp3) is 0.190. The van der Waals surface area contributed by atoms with Gasteiger partial charge in [-0.15, -0.1) is 0 Å². The molecule has 6 nitrogen and oxygen atoms in total. The molecular weight excluding hydrogens is 338 g/mol. The molecule has 1 aliphatic rings. The van der Waals surface area contributed by atoms with E-state index in [1.165, 1.54) is 0 Å². The Labute approximate surface area is 156 Å². The highest BCUT2D eigenvalue weighted by atomic mass is 16.2. The van der Waals surface area contributed by atoms with E-state index in [4.69, 9.17) is 4.98 Å². The van der Waals surface area contributed by atoms with Crippen LogP contribution in [0, 0.1) is 0 Å². The Morgan fingerprint density at radius 2 is 1.74 bits per heavy atom. The fourth-order valence-corrected chi connectivity index (χ4v) is 3.61. The summed E-state index contributed by atoms with van der Waals surface area (Å²) in [4.78, 5) is 19.6. The summed E-state index contributed by atoms with van der Waals surface area (Å²) in [5.41, 5.74) is 2.74. The van der Waals surface area contributed by atoms with E-state index in [0.29, 0.717) is 31.7 Å². The van der Waals surface area contributed by atoms with Crippen LogP contribution in [0.4, 0.5) is 0 Å². The lowest BCUT2D eigenvalue weighted by molar-refractivity contribution is 0.0751. The first-order valence-electron chi connectivity index (χ1n) is 9.14. The summed E-state index contributed by atoms with van der Waals surface area (Å²) in [5, 5.41) is 4.65. The third kappa shape index (κ3) is 2.79. The van der Waals surface area contributed by atoms with Gasteiger partial charge in [-0.25, -0.2) is 9.67 Å². The number of hydrogen-bond acceptors (Lipinski definition) is 3. The van der Waals surface area contributed by atoms with E-state index in [1.54, 1.807) is 0 Å². The molecule has 4 heterocycles. The molecule has 0 spiro atoms. The number of fused-ring (bicyclic) bond motifs is 2.